The molecule has 1 aliphatic heterocycles. The first-order valence-corrected chi connectivity index (χ1v) is 6.71. The first kappa shape index (κ1) is 16.5. The molecule has 0 aliphatic carbocycles. The molecule has 19 heavy (non-hydrogen) atoms. The van der Waals surface area contributed by atoms with Crippen molar-refractivity contribution < 1.29 is 4.74 Å². The van der Waals surface area contributed by atoms with Gasteiger partial charge in [0.15, 0.2) is 0 Å². The van der Waals surface area contributed by atoms with E-state index in [2.05, 4.69) is 38.0 Å². The zero-order valence-electron chi connectivity index (χ0n) is 11.9. The van der Waals surface area contributed by atoms with Crippen LogP contribution in [0.15, 0.2) is 18.3 Å². The van der Waals surface area contributed by atoms with Crippen molar-refractivity contribution in [3.8, 4) is 5.75 Å². The summed E-state index contributed by atoms with van der Waals surface area (Å²) in [4.78, 5) is 3.96. The molecule has 3 nitrogen and oxygen atoms in total. The van der Waals surface area contributed by atoms with Crippen molar-refractivity contribution in [2.24, 2.45) is 0 Å². The maximum Gasteiger partial charge on any atom is 0.132 e. The fourth-order valence-corrected chi connectivity index (χ4v) is 3.13. The summed E-state index contributed by atoms with van der Waals surface area (Å²) in [6.45, 7) is 8.85. The molecule has 1 N–H and O–H groups in total. The average Bonchev–Trinajstić information content (AvgIpc) is 2.11. The van der Waals surface area contributed by atoms with Crippen molar-refractivity contribution in [1.29, 1.82) is 0 Å². The molecule has 2 heterocycles. The van der Waals surface area contributed by atoms with Gasteiger partial charge in [-0.2, -0.15) is 0 Å². The van der Waals surface area contributed by atoms with Gasteiger partial charge in [-0.3, -0.25) is 0 Å². The third kappa shape index (κ3) is 4.83. The van der Waals surface area contributed by atoms with Gasteiger partial charge in [-0.25, -0.2) is 4.98 Å². The van der Waals surface area contributed by atoms with Crippen LogP contribution in [0.2, 0.25) is 5.15 Å². The van der Waals surface area contributed by atoms with E-state index in [1.807, 2.05) is 6.07 Å². The molecular weight excluding hydrogens is 283 g/mol. The predicted molar refractivity (Wildman–Crippen MR) is 81.4 cm³/mol. The third-order valence-corrected chi connectivity index (χ3v) is 3.36. The van der Waals surface area contributed by atoms with Gasteiger partial charge in [0.05, 0.1) is 0 Å². The monoisotopic (exact) mass is 304 g/mol. The summed E-state index contributed by atoms with van der Waals surface area (Å²) in [5, 5.41) is 4.11. The maximum absolute atomic E-state index is 6.04. The minimum absolute atomic E-state index is 0. The van der Waals surface area contributed by atoms with E-state index in [1.54, 1.807) is 12.3 Å². The van der Waals surface area contributed by atoms with Crippen molar-refractivity contribution in [2.45, 2.75) is 57.7 Å². The minimum atomic E-state index is 0. The fourth-order valence-electron chi connectivity index (χ4n) is 2.96. The Hall–Kier alpha value is -0.510. The van der Waals surface area contributed by atoms with Gasteiger partial charge in [-0.15, -0.1) is 12.4 Å². The Bertz CT molecular complexity index is 419. The lowest BCUT2D eigenvalue weighted by molar-refractivity contribution is 0.0559. The van der Waals surface area contributed by atoms with E-state index >= 15 is 0 Å². The van der Waals surface area contributed by atoms with Crippen molar-refractivity contribution in [3.05, 3.63) is 23.5 Å². The number of hydrogen-bond acceptors (Lipinski definition) is 3. The molecular formula is C14H22Cl2N2O. The van der Waals surface area contributed by atoms with E-state index in [-0.39, 0.29) is 29.6 Å². The lowest BCUT2D eigenvalue weighted by Gasteiger charge is -2.46. The van der Waals surface area contributed by atoms with Crippen LogP contribution in [0.3, 0.4) is 0 Å². The largest absolute Gasteiger partial charge is 0.490 e. The highest BCUT2D eigenvalue weighted by Gasteiger charge is 2.38. The summed E-state index contributed by atoms with van der Waals surface area (Å²) in [6, 6.07) is 3.62. The Morgan fingerprint density at radius 2 is 1.84 bits per heavy atom. The van der Waals surface area contributed by atoms with Crippen LogP contribution in [0.25, 0.3) is 0 Å². The molecule has 0 bridgehead atoms. The molecule has 0 spiro atoms. The number of ether oxygens (including phenoxy) is 1. The summed E-state index contributed by atoms with van der Waals surface area (Å²) in [5.74, 6) is 0.800. The zero-order valence-corrected chi connectivity index (χ0v) is 13.4. The molecule has 1 aromatic rings. The minimum Gasteiger partial charge on any atom is -0.490 e. The molecule has 0 atom stereocenters. The number of nitrogens with zero attached hydrogens (tertiary/aromatic N) is 1. The van der Waals surface area contributed by atoms with Gasteiger partial charge in [0.2, 0.25) is 0 Å². The number of pyridine rings is 1. The predicted octanol–water partition coefficient (Wildman–Crippen LogP) is 3.84. The van der Waals surface area contributed by atoms with Gasteiger partial charge in [-0.05, 0) is 33.8 Å². The van der Waals surface area contributed by atoms with Crippen molar-refractivity contribution in [3.63, 3.8) is 0 Å². The molecule has 108 valence electrons. The highest BCUT2D eigenvalue weighted by molar-refractivity contribution is 6.29. The zero-order chi connectivity index (χ0) is 13.4. The maximum atomic E-state index is 6.04. The van der Waals surface area contributed by atoms with Crippen molar-refractivity contribution >= 4 is 24.0 Å². The van der Waals surface area contributed by atoms with Gasteiger partial charge in [0.25, 0.3) is 0 Å². The van der Waals surface area contributed by atoms with Crippen LogP contribution in [0.4, 0.5) is 0 Å². The van der Waals surface area contributed by atoms with Gasteiger partial charge in [0.1, 0.15) is 17.0 Å². The highest BCUT2D eigenvalue weighted by atomic mass is 35.5. The Balaban J connectivity index is 0.00000180. The number of halogens is 2. The number of piperidine rings is 1. The quantitative estimate of drug-likeness (QED) is 0.843. The van der Waals surface area contributed by atoms with Crippen LogP contribution < -0.4 is 10.1 Å². The molecule has 0 unspecified atom stereocenters. The van der Waals surface area contributed by atoms with Crippen LogP contribution in [0.1, 0.15) is 40.5 Å². The Morgan fingerprint density at radius 1 is 1.26 bits per heavy atom. The second-order valence-corrected chi connectivity index (χ2v) is 6.74. The summed E-state index contributed by atoms with van der Waals surface area (Å²) < 4.78 is 6.04. The summed E-state index contributed by atoms with van der Waals surface area (Å²) in [5.41, 5.74) is 0.173. The van der Waals surface area contributed by atoms with Crippen molar-refractivity contribution in [2.75, 3.05) is 0 Å². The van der Waals surface area contributed by atoms with E-state index < -0.39 is 0 Å². The van der Waals surface area contributed by atoms with Gasteiger partial charge >= 0.3 is 0 Å². The van der Waals surface area contributed by atoms with Gasteiger partial charge in [0, 0.05) is 36.2 Å². The first-order chi connectivity index (χ1) is 8.26. The molecule has 2 rings (SSSR count). The highest BCUT2D eigenvalue weighted by Crippen LogP contribution is 2.31. The lowest BCUT2D eigenvalue weighted by Crippen LogP contribution is -2.60. The molecule has 1 fully saturated rings. The van der Waals surface area contributed by atoms with E-state index in [0.717, 1.165) is 18.6 Å². The molecule has 0 aromatic carbocycles. The summed E-state index contributed by atoms with van der Waals surface area (Å²) in [7, 11) is 0. The lowest BCUT2D eigenvalue weighted by atomic mass is 9.81. The topological polar surface area (TPSA) is 34.1 Å². The SMILES string of the molecule is CC1(C)CC(Oc2ccnc(Cl)c2)CC(C)(C)N1.Cl. The number of rotatable bonds is 2. The Kier molecular flexibility index (Phi) is 5.10. The van der Waals surface area contributed by atoms with Crippen molar-refractivity contribution in [1.82, 2.24) is 10.3 Å². The van der Waals surface area contributed by atoms with Crippen LogP contribution in [-0.4, -0.2) is 22.2 Å². The number of aromatic nitrogens is 1. The standard InChI is InChI=1S/C14H21ClN2O.ClH/c1-13(2)8-11(9-14(3,4)17-13)18-10-5-6-16-12(15)7-10;/h5-7,11,17H,8-9H2,1-4H3;1H. The Labute approximate surface area is 126 Å². The second-order valence-electron chi connectivity index (χ2n) is 6.36. The van der Waals surface area contributed by atoms with E-state index in [0.29, 0.717) is 5.15 Å². The summed E-state index contributed by atoms with van der Waals surface area (Å²) in [6.07, 6.45) is 3.84. The third-order valence-electron chi connectivity index (χ3n) is 3.15. The normalized spacial score (nSPS) is 21.5. The van der Waals surface area contributed by atoms with Gasteiger partial charge in [-0.1, -0.05) is 11.6 Å². The number of nitrogens with one attached hydrogen (secondary N) is 1. The first-order valence-electron chi connectivity index (χ1n) is 6.33. The van der Waals surface area contributed by atoms with Crippen LogP contribution in [0.5, 0.6) is 5.75 Å². The second kappa shape index (κ2) is 5.86. The fraction of sp³-hybridized carbons (Fsp3) is 0.643. The molecule has 0 amide bonds. The summed E-state index contributed by atoms with van der Waals surface area (Å²) >= 11 is 5.87. The van der Waals surface area contributed by atoms with Gasteiger partial charge < -0.3 is 10.1 Å². The van der Waals surface area contributed by atoms with E-state index in [4.69, 9.17) is 16.3 Å². The average molecular weight is 305 g/mol. The molecule has 1 aliphatic rings. The molecule has 0 saturated carbocycles. The molecule has 1 saturated heterocycles. The van der Waals surface area contributed by atoms with Crippen LogP contribution in [-0.2, 0) is 0 Å². The van der Waals surface area contributed by atoms with E-state index in [1.165, 1.54) is 0 Å². The molecule has 5 heteroatoms. The molecule has 1 aromatic heterocycles. The smallest absolute Gasteiger partial charge is 0.132 e. The van der Waals surface area contributed by atoms with Crippen LogP contribution >= 0.6 is 24.0 Å². The van der Waals surface area contributed by atoms with Crippen LogP contribution in [0, 0.1) is 0 Å². The Morgan fingerprint density at radius 3 is 2.37 bits per heavy atom. The number of hydrogen-bond donors (Lipinski definition) is 1. The molecule has 0 radical (unpaired) electrons. The van der Waals surface area contributed by atoms with E-state index in [9.17, 15) is 0 Å².